The summed E-state index contributed by atoms with van der Waals surface area (Å²) in [5.74, 6) is 0. The van der Waals surface area contributed by atoms with Crippen LogP contribution in [0, 0.1) is 13.8 Å². The van der Waals surface area contributed by atoms with Crippen LogP contribution >= 0.6 is 0 Å². The van der Waals surface area contributed by atoms with Gasteiger partial charge in [-0.15, -0.1) is 0 Å². The normalized spacial score (nSPS) is 17.4. The van der Waals surface area contributed by atoms with Crippen molar-refractivity contribution in [2.45, 2.75) is 52.0 Å². The highest BCUT2D eigenvalue weighted by Gasteiger charge is 2.15. The molecule has 1 N–H and O–H groups in total. The largest absolute Gasteiger partial charge is 0.313 e. The second-order valence-corrected chi connectivity index (χ2v) is 5.57. The Morgan fingerprint density at radius 3 is 2.39 bits per heavy atom. The van der Waals surface area contributed by atoms with E-state index >= 15 is 0 Å². The summed E-state index contributed by atoms with van der Waals surface area (Å²) in [6, 6.07) is 7.41. The van der Waals surface area contributed by atoms with Crippen molar-refractivity contribution in [3.63, 3.8) is 0 Å². The monoisotopic (exact) mass is 243 g/mol. The molecule has 1 aromatic carbocycles. The Morgan fingerprint density at radius 1 is 1.11 bits per heavy atom. The molecule has 0 amide bonds. The van der Waals surface area contributed by atoms with Crippen molar-refractivity contribution in [3.05, 3.63) is 46.5 Å². The molecule has 0 spiro atoms. The molecule has 98 valence electrons. The van der Waals surface area contributed by atoms with Crippen LogP contribution in [-0.2, 0) is 6.42 Å². The second-order valence-electron chi connectivity index (χ2n) is 5.57. The molecule has 0 bridgehead atoms. The van der Waals surface area contributed by atoms with Crippen LogP contribution in [0.25, 0.3) is 0 Å². The minimum absolute atomic E-state index is 0.520. The maximum absolute atomic E-state index is 3.49. The third-order valence-corrected chi connectivity index (χ3v) is 3.84. The van der Waals surface area contributed by atoms with E-state index in [2.05, 4.69) is 50.5 Å². The topological polar surface area (TPSA) is 12.0 Å². The van der Waals surface area contributed by atoms with E-state index in [1.807, 2.05) is 0 Å². The standard InChI is InChI=1S/C17H25N/c1-13-9-14(2)11-15(10-13)12-17(18-3)16-7-5-4-6-8-16/h7,9-11,17-18H,4-6,8,12H2,1-3H3. The fourth-order valence-electron chi connectivity index (χ4n) is 3.02. The highest BCUT2D eigenvalue weighted by atomic mass is 14.9. The Hall–Kier alpha value is -1.08. The number of hydrogen-bond donors (Lipinski definition) is 1. The lowest BCUT2D eigenvalue weighted by molar-refractivity contribution is 0.569. The third-order valence-electron chi connectivity index (χ3n) is 3.84. The Labute approximate surface area is 111 Å². The van der Waals surface area contributed by atoms with Crippen LogP contribution in [0.3, 0.4) is 0 Å². The van der Waals surface area contributed by atoms with Crippen molar-refractivity contribution in [3.8, 4) is 0 Å². The summed E-state index contributed by atoms with van der Waals surface area (Å²) < 4.78 is 0. The van der Waals surface area contributed by atoms with Gasteiger partial charge in [-0.2, -0.15) is 0 Å². The first-order valence-corrected chi connectivity index (χ1v) is 7.12. The molecule has 18 heavy (non-hydrogen) atoms. The first kappa shape index (κ1) is 13.4. The van der Waals surface area contributed by atoms with E-state index in [1.165, 1.54) is 42.4 Å². The smallest absolute Gasteiger partial charge is 0.0317 e. The number of nitrogens with one attached hydrogen (secondary N) is 1. The molecular formula is C17H25N. The highest BCUT2D eigenvalue weighted by molar-refractivity contribution is 5.30. The van der Waals surface area contributed by atoms with Crippen molar-refractivity contribution in [2.75, 3.05) is 7.05 Å². The van der Waals surface area contributed by atoms with Crippen LogP contribution in [0.15, 0.2) is 29.8 Å². The zero-order chi connectivity index (χ0) is 13.0. The third kappa shape index (κ3) is 3.46. The molecule has 1 atom stereocenters. The highest BCUT2D eigenvalue weighted by Crippen LogP contribution is 2.23. The molecule has 0 aromatic heterocycles. The average molecular weight is 243 g/mol. The predicted molar refractivity (Wildman–Crippen MR) is 79.0 cm³/mol. The van der Waals surface area contributed by atoms with Crippen molar-refractivity contribution in [2.24, 2.45) is 0 Å². The quantitative estimate of drug-likeness (QED) is 0.790. The lowest BCUT2D eigenvalue weighted by atomic mass is 9.90. The van der Waals surface area contributed by atoms with Gasteiger partial charge in [0.05, 0.1) is 0 Å². The van der Waals surface area contributed by atoms with E-state index < -0.39 is 0 Å². The Balaban J connectivity index is 2.12. The summed E-state index contributed by atoms with van der Waals surface area (Å²) >= 11 is 0. The molecule has 1 nitrogen and oxygen atoms in total. The van der Waals surface area contributed by atoms with Crippen molar-refractivity contribution < 1.29 is 0 Å². The van der Waals surface area contributed by atoms with Gasteiger partial charge in [0.2, 0.25) is 0 Å². The SMILES string of the molecule is CNC(Cc1cc(C)cc(C)c1)C1=CCCCC1. The lowest BCUT2D eigenvalue weighted by Crippen LogP contribution is -2.30. The van der Waals surface area contributed by atoms with Crippen molar-refractivity contribution in [1.29, 1.82) is 0 Å². The van der Waals surface area contributed by atoms with E-state index in [4.69, 9.17) is 0 Å². The van der Waals surface area contributed by atoms with Gasteiger partial charge in [-0.1, -0.05) is 41.0 Å². The molecule has 0 aliphatic heterocycles. The van der Waals surface area contributed by atoms with Gasteiger partial charge in [0.15, 0.2) is 0 Å². The van der Waals surface area contributed by atoms with E-state index in [9.17, 15) is 0 Å². The van der Waals surface area contributed by atoms with Crippen molar-refractivity contribution >= 4 is 0 Å². The van der Waals surface area contributed by atoms with Gasteiger partial charge in [-0.3, -0.25) is 0 Å². The molecule has 0 saturated heterocycles. The van der Waals surface area contributed by atoms with E-state index in [0.29, 0.717) is 6.04 Å². The average Bonchev–Trinajstić information content (AvgIpc) is 2.36. The molecule has 1 aromatic rings. The second kappa shape index (κ2) is 6.19. The zero-order valence-corrected chi connectivity index (χ0v) is 11.9. The Kier molecular flexibility index (Phi) is 4.60. The molecule has 0 radical (unpaired) electrons. The van der Waals surface area contributed by atoms with Gasteiger partial charge < -0.3 is 5.32 Å². The van der Waals surface area contributed by atoms with E-state index in [0.717, 1.165) is 6.42 Å². The number of allylic oxidation sites excluding steroid dienone is 1. The minimum Gasteiger partial charge on any atom is -0.313 e. The molecule has 1 aliphatic rings. The lowest BCUT2D eigenvalue weighted by Gasteiger charge is -2.23. The van der Waals surface area contributed by atoms with Gasteiger partial charge in [0, 0.05) is 6.04 Å². The fraction of sp³-hybridized carbons (Fsp3) is 0.529. The molecular weight excluding hydrogens is 218 g/mol. The minimum atomic E-state index is 0.520. The fourth-order valence-corrected chi connectivity index (χ4v) is 3.02. The molecule has 0 heterocycles. The summed E-state index contributed by atoms with van der Waals surface area (Å²) in [5.41, 5.74) is 5.82. The first-order valence-electron chi connectivity index (χ1n) is 7.12. The van der Waals surface area contributed by atoms with Crippen LogP contribution in [0.5, 0.6) is 0 Å². The number of rotatable bonds is 4. The van der Waals surface area contributed by atoms with Crippen LogP contribution in [0.4, 0.5) is 0 Å². The molecule has 0 fully saturated rings. The Bertz CT molecular complexity index is 411. The van der Waals surface area contributed by atoms with Crippen LogP contribution < -0.4 is 5.32 Å². The van der Waals surface area contributed by atoms with Gasteiger partial charge in [-0.25, -0.2) is 0 Å². The molecule has 0 saturated carbocycles. The summed E-state index contributed by atoms with van der Waals surface area (Å²) in [6.45, 7) is 4.37. The van der Waals surface area contributed by atoms with Gasteiger partial charge in [-0.05, 0) is 58.6 Å². The summed E-state index contributed by atoms with van der Waals surface area (Å²) in [6.07, 6.45) is 8.83. The molecule has 2 rings (SSSR count). The molecule has 1 aliphatic carbocycles. The summed E-state index contributed by atoms with van der Waals surface area (Å²) in [7, 11) is 2.09. The van der Waals surface area contributed by atoms with Crippen LogP contribution in [-0.4, -0.2) is 13.1 Å². The summed E-state index contributed by atoms with van der Waals surface area (Å²) in [5, 5.41) is 3.49. The molecule has 1 heteroatoms. The van der Waals surface area contributed by atoms with E-state index in [1.54, 1.807) is 5.57 Å². The maximum Gasteiger partial charge on any atom is 0.0317 e. The van der Waals surface area contributed by atoms with E-state index in [-0.39, 0.29) is 0 Å². The molecule has 1 unspecified atom stereocenters. The maximum atomic E-state index is 3.49. The first-order chi connectivity index (χ1) is 8.69. The predicted octanol–water partition coefficient (Wildman–Crippen LogP) is 3.93. The number of aryl methyl sites for hydroxylation is 2. The number of benzene rings is 1. The Morgan fingerprint density at radius 2 is 1.83 bits per heavy atom. The van der Waals surface area contributed by atoms with Crippen LogP contribution in [0.1, 0.15) is 42.4 Å². The van der Waals surface area contributed by atoms with Gasteiger partial charge >= 0.3 is 0 Å². The van der Waals surface area contributed by atoms with Crippen molar-refractivity contribution in [1.82, 2.24) is 5.32 Å². The number of hydrogen-bond acceptors (Lipinski definition) is 1. The zero-order valence-electron chi connectivity index (χ0n) is 11.9. The number of likely N-dealkylation sites (N-methyl/N-ethyl adjacent to an activating group) is 1. The summed E-state index contributed by atoms with van der Waals surface area (Å²) in [4.78, 5) is 0. The van der Waals surface area contributed by atoms with Crippen LogP contribution in [0.2, 0.25) is 0 Å². The van der Waals surface area contributed by atoms with Gasteiger partial charge in [0.1, 0.15) is 0 Å². The van der Waals surface area contributed by atoms with Gasteiger partial charge in [0.25, 0.3) is 0 Å².